The molecule has 1 fully saturated rings. The Bertz CT molecular complexity index is 205. The van der Waals surface area contributed by atoms with Crippen LogP contribution in [-0.2, 0) is 0 Å². The first kappa shape index (κ1) is 12.3. The number of aliphatic hydroxyl groups is 1. The second kappa shape index (κ2) is 5.95. The average molecular weight is 214 g/mol. The third-order valence-corrected chi connectivity index (χ3v) is 3.23. The van der Waals surface area contributed by atoms with Crippen molar-refractivity contribution >= 4 is 6.03 Å². The highest BCUT2D eigenvalue weighted by molar-refractivity contribution is 5.74. The molecule has 88 valence electrons. The predicted molar refractivity (Wildman–Crippen MR) is 59.6 cm³/mol. The van der Waals surface area contributed by atoms with Gasteiger partial charge in [-0.1, -0.05) is 20.3 Å². The van der Waals surface area contributed by atoms with Crippen LogP contribution in [-0.4, -0.2) is 29.8 Å². The topological polar surface area (TPSA) is 61.4 Å². The molecule has 0 spiro atoms. The number of hydrogen-bond donors (Lipinski definition) is 3. The van der Waals surface area contributed by atoms with E-state index in [2.05, 4.69) is 17.6 Å². The van der Waals surface area contributed by atoms with Crippen molar-refractivity contribution in [1.29, 1.82) is 0 Å². The summed E-state index contributed by atoms with van der Waals surface area (Å²) in [5, 5.41) is 14.7. The normalized spacial score (nSPS) is 27.4. The van der Waals surface area contributed by atoms with Crippen LogP contribution in [0.2, 0.25) is 0 Å². The fraction of sp³-hybridized carbons (Fsp3) is 0.909. The van der Waals surface area contributed by atoms with E-state index in [0.717, 1.165) is 12.8 Å². The highest BCUT2D eigenvalue weighted by Gasteiger charge is 2.25. The van der Waals surface area contributed by atoms with Crippen molar-refractivity contribution in [3.63, 3.8) is 0 Å². The summed E-state index contributed by atoms with van der Waals surface area (Å²) in [6.45, 7) is 4.12. The summed E-state index contributed by atoms with van der Waals surface area (Å²) in [6, 6.07) is 0.0394. The van der Waals surface area contributed by atoms with Crippen LogP contribution in [0.15, 0.2) is 0 Å². The van der Waals surface area contributed by atoms with Gasteiger partial charge in [0.05, 0.1) is 12.6 Å². The van der Waals surface area contributed by atoms with Crippen LogP contribution >= 0.6 is 0 Å². The van der Waals surface area contributed by atoms with Crippen LogP contribution in [0.4, 0.5) is 4.79 Å². The quantitative estimate of drug-likeness (QED) is 0.659. The van der Waals surface area contributed by atoms with E-state index in [0.29, 0.717) is 12.0 Å². The molecule has 0 heterocycles. The van der Waals surface area contributed by atoms with Crippen molar-refractivity contribution < 1.29 is 9.90 Å². The zero-order chi connectivity index (χ0) is 11.3. The Labute approximate surface area is 91.4 Å². The van der Waals surface area contributed by atoms with Crippen molar-refractivity contribution in [3.8, 4) is 0 Å². The fourth-order valence-corrected chi connectivity index (χ4v) is 2.03. The lowest BCUT2D eigenvalue weighted by Crippen LogP contribution is -2.47. The van der Waals surface area contributed by atoms with Crippen molar-refractivity contribution in [2.24, 2.45) is 5.92 Å². The highest BCUT2D eigenvalue weighted by atomic mass is 16.3. The number of urea groups is 1. The van der Waals surface area contributed by atoms with Gasteiger partial charge in [-0.25, -0.2) is 4.79 Å². The molecule has 2 amide bonds. The molecule has 0 radical (unpaired) electrons. The first-order chi connectivity index (χ1) is 7.17. The lowest BCUT2D eigenvalue weighted by atomic mass is 10.1. The van der Waals surface area contributed by atoms with Gasteiger partial charge in [0.25, 0.3) is 0 Å². The number of carbonyl (C=O) groups excluding carboxylic acids is 1. The van der Waals surface area contributed by atoms with E-state index in [9.17, 15) is 4.79 Å². The van der Waals surface area contributed by atoms with Crippen molar-refractivity contribution in [1.82, 2.24) is 10.6 Å². The Hall–Kier alpha value is -0.770. The molecule has 0 saturated heterocycles. The standard InChI is InChI=1S/C11H22N2O2/c1-3-9(7-14)12-11(15)13-10-6-4-5-8(10)2/h8-10,14H,3-7H2,1-2H3,(H2,12,13,15). The van der Waals surface area contributed by atoms with Gasteiger partial charge >= 0.3 is 6.03 Å². The molecule has 0 aromatic carbocycles. The second-order valence-electron chi connectivity index (χ2n) is 4.42. The Morgan fingerprint density at radius 2 is 2.27 bits per heavy atom. The van der Waals surface area contributed by atoms with Crippen LogP contribution in [0.1, 0.15) is 39.5 Å². The predicted octanol–water partition coefficient (Wildman–Crippen LogP) is 1.25. The molecule has 1 rings (SSSR count). The van der Waals surface area contributed by atoms with Gasteiger partial charge in [-0.3, -0.25) is 0 Å². The van der Waals surface area contributed by atoms with Gasteiger partial charge in [0.1, 0.15) is 0 Å². The lowest BCUT2D eigenvalue weighted by Gasteiger charge is -2.20. The van der Waals surface area contributed by atoms with Crippen molar-refractivity contribution in [2.75, 3.05) is 6.61 Å². The first-order valence-electron chi connectivity index (χ1n) is 5.85. The maximum atomic E-state index is 11.5. The summed E-state index contributed by atoms with van der Waals surface area (Å²) in [6.07, 6.45) is 4.22. The summed E-state index contributed by atoms with van der Waals surface area (Å²) < 4.78 is 0. The Kier molecular flexibility index (Phi) is 4.88. The number of carbonyl (C=O) groups is 1. The van der Waals surface area contributed by atoms with E-state index < -0.39 is 0 Å². The number of amides is 2. The van der Waals surface area contributed by atoms with Crippen LogP contribution in [0, 0.1) is 5.92 Å². The molecular formula is C11H22N2O2. The zero-order valence-corrected chi connectivity index (χ0v) is 9.62. The Morgan fingerprint density at radius 1 is 1.53 bits per heavy atom. The number of hydrogen-bond acceptors (Lipinski definition) is 2. The van der Waals surface area contributed by atoms with Crippen molar-refractivity contribution in [2.45, 2.75) is 51.6 Å². The number of nitrogens with one attached hydrogen (secondary N) is 2. The summed E-state index contributed by atoms with van der Waals surface area (Å²) >= 11 is 0. The lowest BCUT2D eigenvalue weighted by molar-refractivity contribution is 0.210. The molecule has 0 aliphatic heterocycles. The summed E-state index contributed by atoms with van der Waals surface area (Å²) in [5.41, 5.74) is 0. The van der Waals surface area contributed by atoms with E-state index >= 15 is 0 Å². The molecule has 3 unspecified atom stereocenters. The van der Waals surface area contributed by atoms with E-state index in [1.165, 1.54) is 12.8 Å². The minimum Gasteiger partial charge on any atom is -0.394 e. The molecule has 1 aliphatic rings. The second-order valence-corrected chi connectivity index (χ2v) is 4.42. The Balaban J connectivity index is 2.28. The number of aliphatic hydroxyl groups excluding tert-OH is 1. The molecule has 4 nitrogen and oxygen atoms in total. The van der Waals surface area contributed by atoms with E-state index in [1.54, 1.807) is 0 Å². The van der Waals surface area contributed by atoms with Gasteiger partial charge in [0, 0.05) is 6.04 Å². The van der Waals surface area contributed by atoms with Gasteiger partial charge in [-0.15, -0.1) is 0 Å². The minimum atomic E-state index is -0.144. The molecule has 3 N–H and O–H groups in total. The molecule has 0 bridgehead atoms. The molecule has 0 aromatic rings. The van der Waals surface area contributed by atoms with Crippen LogP contribution in [0.25, 0.3) is 0 Å². The average Bonchev–Trinajstić information content (AvgIpc) is 2.61. The van der Waals surface area contributed by atoms with Gasteiger partial charge in [0.2, 0.25) is 0 Å². The van der Waals surface area contributed by atoms with Crippen LogP contribution in [0.5, 0.6) is 0 Å². The molecule has 3 atom stereocenters. The molecule has 1 aliphatic carbocycles. The summed E-state index contributed by atoms with van der Waals surface area (Å²) in [5.74, 6) is 0.574. The minimum absolute atomic E-state index is 0.00411. The highest BCUT2D eigenvalue weighted by Crippen LogP contribution is 2.24. The molecule has 0 aromatic heterocycles. The van der Waals surface area contributed by atoms with Gasteiger partial charge < -0.3 is 15.7 Å². The molecule has 1 saturated carbocycles. The molecule has 4 heteroatoms. The van der Waals surface area contributed by atoms with E-state index in [4.69, 9.17) is 5.11 Å². The van der Waals surface area contributed by atoms with E-state index in [-0.39, 0.29) is 18.7 Å². The molecular weight excluding hydrogens is 192 g/mol. The third-order valence-electron chi connectivity index (χ3n) is 3.23. The first-order valence-corrected chi connectivity index (χ1v) is 5.85. The Morgan fingerprint density at radius 3 is 2.73 bits per heavy atom. The van der Waals surface area contributed by atoms with Crippen LogP contribution in [0.3, 0.4) is 0 Å². The zero-order valence-electron chi connectivity index (χ0n) is 9.62. The number of rotatable bonds is 4. The summed E-state index contributed by atoms with van der Waals surface area (Å²) in [7, 11) is 0. The van der Waals surface area contributed by atoms with Gasteiger partial charge in [0.15, 0.2) is 0 Å². The summed E-state index contributed by atoms with van der Waals surface area (Å²) in [4.78, 5) is 11.5. The monoisotopic (exact) mass is 214 g/mol. The third kappa shape index (κ3) is 3.70. The fourth-order valence-electron chi connectivity index (χ4n) is 2.03. The van der Waals surface area contributed by atoms with Gasteiger partial charge in [-0.2, -0.15) is 0 Å². The van der Waals surface area contributed by atoms with E-state index in [1.807, 2.05) is 6.92 Å². The SMILES string of the molecule is CCC(CO)NC(=O)NC1CCCC1C. The maximum absolute atomic E-state index is 11.5. The molecule has 15 heavy (non-hydrogen) atoms. The largest absolute Gasteiger partial charge is 0.394 e. The smallest absolute Gasteiger partial charge is 0.315 e. The van der Waals surface area contributed by atoms with Crippen molar-refractivity contribution in [3.05, 3.63) is 0 Å². The van der Waals surface area contributed by atoms with Gasteiger partial charge in [-0.05, 0) is 25.2 Å². The van der Waals surface area contributed by atoms with Crippen LogP contribution < -0.4 is 10.6 Å². The maximum Gasteiger partial charge on any atom is 0.315 e.